The van der Waals surface area contributed by atoms with Gasteiger partial charge in [-0.1, -0.05) is 0 Å². The number of hydrogen-bond acceptors (Lipinski definition) is 7. The van der Waals surface area contributed by atoms with E-state index in [-0.39, 0.29) is 12.6 Å². The van der Waals surface area contributed by atoms with Crippen LogP contribution < -0.4 is 21.1 Å². The third-order valence-electron chi connectivity index (χ3n) is 4.88. The van der Waals surface area contributed by atoms with E-state index in [0.29, 0.717) is 18.0 Å². The molecule has 7 heteroatoms. The fourth-order valence-electron chi connectivity index (χ4n) is 3.41. The lowest BCUT2D eigenvalue weighted by Crippen LogP contribution is -2.33. The molecule has 0 saturated carbocycles. The van der Waals surface area contributed by atoms with E-state index >= 15 is 0 Å². The van der Waals surface area contributed by atoms with Gasteiger partial charge in [-0.25, -0.2) is 9.97 Å². The standard InChI is InChI=1S/C15H26N6O/c1-10-13(11(2)20-19-10)7-16-14-6-15(18-9-17-14)21-5-3-4-12(21)8-22/h6,9-13,19-20,22H,3-5,7-8H2,1-2H3,(H,16,17,18). The molecule has 122 valence electrons. The van der Waals surface area contributed by atoms with Crippen molar-refractivity contribution in [3.8, 4) is 0 Å². The highest BCUT2D eigenvalue weighted by atomic mass is 16.3. The number of rotatable bonds is 5. The van der Waals surface area contributed by atoms with Crippen molar-refractivity contribution in [2.45, 2.75) is 44.8 Å². The van der Waals surface area contributed by atoms with Crippen LogP contribution in [0.5, 0.6) is 0 Å². The Morgan fingerprint density at radius 3 is 2.82 bits per heavy atom. The summed E-state index contributed by atoms with van der Waals surface area (Å²) in [5.74, 6) is 2.26. The molecule has 2 saturated heterocycles. The summed E-state index contributed by atoms with van der Waals surface area (Å²) in [5, 5.41) is 12.9. The first-order valence-corrected chi connectivity index (χ1v) is 8.13. The average Bonchev–Trinajstić information content (AvgIpc) is 3.13. The van der Waals surface area contributed by atoms with Crippen LogP contribution in [0.4, 0.5) is 11.6 Å². The van der Waals surface area contributed by atoms with Crippen molar-refractivity contribution in [2.24, 2.45) is 5.92 Å². The number of hydrogen-bond donors (Lipinski definition) is 4. The second-order valence-corrected chi connectivity index (χ2v) is 6.34. The van der Waals surface area contributed by atoms with Crippen LogP contribution in [0.2, 0.25) is 0 Å². The molecule has 0 aromatic carbocycles. The summed E-state index contributed by atoms with van der Waals surface area (Å²) < 4.78 is 0. The predicted octanol–water partition coefficient (Wildman–Crippen LogP) is 0.351. The molecule has 3 heterocycles. The Labute approximate surface area is 131 Å². The summed E-state index contributed by atoms with van der Waals surface area (Å²) in [5.41, 5.74) is 6.53. The van der Waals surface area contributed by atoms with E-state index in [4.69, 9.17) is 0 Å². The summed E-state index contributed by atoms with van der Waals surface area (Å²) in [6, 6.07) is 3.03. The van der Waals surface area contributed by atoms with Gasteiger partial charge in [0.05, 0.1) is 12.6 Å². The minimum Gasteiger partial charge on any atom is -0.394 e. The zero-order valence-electron chi connectivity index (χ0n) is 13.3. The molecule has 3 atom stereocenters. The Bertz CT molecular complexity index is 489. The first-order chi connectivity index (χ1) is 10.7. The van der Waals surface area contributed by atoms with E-state index in [0.717, 1.165) is 37.6 Å². The van der Waals surface area contributed by atoms with Gasteiger partial charge in [-0.2, -0.15) is 0 Å². The van der Waals surface area contributed by atoms with Gasteiger partial charge in [-0.05, 0) is 26.7 Å². The van der Waals surface area contributed by atoms with Gasteiger partial charge in [0.2, 0.25) is 0 Å². The lowest BCUT2D eigenvalue weighted by molar-refractivity contribution is 0.266. The zero-order chi connectivity index (χ0) is 15.5. The third-order valence-corrected chi connectivity index (χ3v) is 4.88. The summed E-state index contributed by atoms with van der Waals surface area (Å²) in [6.07, 6.45) is 3.73. The van der Waals surface area contributed by atoms with Crippen molar-refractivity contribution < 1.29 is 5.11 Å². The Kier molecular flexibility index (Phi) is 4.75. The molecular formula is C15H26N6O. The Balaban J connectivity index is 1.64. The van der Waals surface area contributed by atoms with Crippen LogP contribution in [0.1, 0.15) is 26.7 Å². The lowest BCUT2D eigenvalue weighted by Gasteiger charge is -2.24. The van der Waals surface area contributed by atoms with Crippen molar-refractivity contribution in [3.63, 3.8) is 0 Å². The Morgan fingerprint density at radius 1 is 1.32 bits per heavy atom. The highest BCUT2D eigenvalue weighted by Crippen LogP contribution is 2.25. The summed E-state index contributed by atoms with van der Waals surface area (Å²) in [4.78, 5) is 10.9. The van der Waals surface area contributed by atoms with Gasteiger partial charge in [-0.15, -0.1) is 0 Å². The molecule has 3 rings (SSSR count). The number of hydrazine groups is 1. The topological polar surface area (TPSA) is 85.3 Å². The van der Waals surface area contributed by atoms with E-state index in [2.05, 4.69) is 44.9 Å². The van der Waals surface area contributed by atoms with Gasteiger partial charge in [0, 0.05) is 37.2 Å². The van der Waals surface area contributed by atoms with Crippen LogP contribution in [0.25, 0.3) is 0 Å². The molecule has 3 unspecified atom stereocenters. The summed E-state index contributed by atoms with van der Waals surface area (Å²) in [6.45, 7) is 6.37. The molecule has 2 aliphatic heterocycles. The van der Waals surface area contributed by atoms with Crippen LogP contribution in [-0.4, -0.2) is 52.9 Å². The van der Waals surface area contributed by atoms with Crippen LogP contribution in [0, 0.1) is 5.92 Å². The summed E-state index contributed by atoms with van der Waals surface area (Å²) in [7, 11) is 0. The van der Waals surface area contributed by atoms with Crippen LogP contribution >= 0.6 is 0 Å². The molecule has 7 nitrogen and oxygen atoms in total. The number of aromatic nitrogens is 2. The van der Waals surface area contributed by atoms with Crippen LogP contribution in [0.15, 0.2) is 12.4 Å². The molecule has 0 amide bonds. The third kappa shape index (κ3) is 3.16. The second-order valence-electron chi connectivity index (χ2n) is 6.34. The molecule has 1 aromatic heterocycles. The first-order valence-electron chi connectivity index (χ1n) is 8.13. The SMILES string of the molecule is CC1NNC(C)C1CNc1cc(N2CCCC2CO)ncn1. The number of anilines is 2. The molecule has 0 aliphatic carbocycles. The smallest absolute Gasteiger partial charge is 0.134 e. The number of nitrogens with zero attached hydrogens (tertiary/aromatic N) is 3. The normalized spacial score (nSPS) is 31.7. The van der Waals surface area contributed by atoms with Gasteiger partial charge in [-0.3, -0.25) is 10.9 Å². The molecule has 22 heavy (non-hydrogen) atoms. The van der Waals surface area contributed by atoms with Crippen molar-refractivity contribution >= 4 is 11.6 Å². The number of nitrogens with one attached hydrogen (secondary N) is 3. The van der Waals surface area contributed by atoms with Crippen LogP contribution in [0.3, 0.4) is 0 Å². The second kappa shape index (κ2) is 6.76. The molecular weight excluding hydrogens is 280 g/mol. The maximum atomic E-state index is 9.46. The van der Waals surface area contributed by atoms with E-state index in [1.54, 1.807) is 6.33 Å². The average molecular weight is 306 g/mol. The highest BCUT2D eigenvalue weighted by Gasteiger charge is 2.29. The molecule has 2 fully saturated rings. The summed E-state index contributed by atoms with van der Waals surface area (Å²) >= 11 is 0. The maximum absolute atomic E-state index is 9.46. The number of aliphatic hydroxyl groups is 1. The minimum atomic E-state index is 0.182. The molecule has 0 bridgehead atoms. The van der Waals surface area contributed by atoms with E-state index in [1.807, 2.05) is 6.07 Å². The van der Waals surface area contributed by atoms with E-state index in [1.165, 1.54) is 0 Å². The van der Waals surface area contributed by atoms with Gasteiger partial charge >= 0.3 is 0 Å². The van der Waals surface area contributed by atoms with E-state index < -0.39 is 0 Å². The van der Waals surface area contributed by atoms with Gasteiger partial charge < -0.3 is 15.3 Å². The van der Waals surface area contributed by atoms with Crippen molar-refractivity contribution in [2.75, 3.05) is 29.9 Å². The first kappa shape index (κ1) is 15.5. The predicted molar refractivity (Wildman–Crippen MR) is 86.7 cm³/mol. The van der Waals surface area contributed by atoms with Gasteiger partial charge in [0.15, 0.2) is 0 Å². The molecule has 1 aromatic rings. The monoisotopic (exact) mass is 306 g/mol. The fourth-order valence-corrected chi connectivity index (χ4v) is 3.41. The largest absolute Gasteiger partial charge is 0.394 e. The van der Waals surface area contributed by atoms with Gasteiger partial charge in [0.25, 0.3) is 0 Å². The molecule has 0 spiro atoms. The fraction of sp³-hybridized carbons (Fsp3) is 0.733. The Hall–Kier alpha value is -1.44. The van der Waals surface area contributed by atoms with Gasteiger partial charge in [0.1, 0.15) is 18.0 Å². The lowest BCUT2D eigenvalue weighted by atomic mass is 9.97. The highest BCUT2D eigenvalue weighted by molar-refractivity contribution is 5.49. The van der Waals surface area contributed by atoms with Crippen molar-refractivity contribution in [1.82, 2.24) is 20.8 Å². The molecule has 0 radical (unpaired) electrons. The van der Waals surface area contributed by atoms with Crippen molar-refractivity contribution in [1.29, 1.82) is 0 Å². The minimum absolute atomic E-state index is 0.182. The number of aliphatic hydroxyl groups excluding tert-OH is 1. The van der Waals surface area contributed by atoms with Crippen LogP contribution in [-0.2, 0) is 0 Å². The molecule has 4 N–H and O–H groups in total. The van der Waals surface area contributed by atoms with E-state index in [9.17, 15) is 5.11 Å². The van der Waals surface area contributed by atoms with Crippen molar-refractivity contribution in [3.05, 3.63) is 12.4 Å². The zero-order valence-corrected chi connectivity index (χ0v) is 13.3. The molecule has 2 aliphatic rings. The Morgan fingerprint density at radius 2 is 2.09 bits per heavy atom. The quantitative estimate of drug-likeness (QED) is 0.624. The maximum Gasteiger partial charge on any atom is 0.134 e.